The average Bonchev–Trinajstić information content (AvgIpc) is 2.54. The Labute approximate surface area is 130 Å². The zero-order valence-electron chi connectivity index (χ0n) is 13.2. The second-order valence-electron chi connectivity index (χ2n) is 5.78. The third-order valence-corrected chi connectivity index (χ3v) is 3.96. The summed E-state index contributed by atoms with van der Waals surface area (Å²) in [4.78, 5) is 16.9. The van der Waals surface area contributed by atoms with E-state index in [1.54, 1.807) is 4.57 Å². The summed E-state index contributed by atoms with van der Waals surface area (Å²) in [5, 5.41) is 1.04. The van der Waals surface area contributed by atoms with Gasteiger partial charge in [-0.2, -0.15) is 4.98 Å². The van der Waals surface area contributed by atoms with Gasteiger partial charge in [-0.15, -0.1) is 0 Å². The van der Waals surface area contributed by atoms with E-state index in [1.807, 2.05) is 50.2 Å². The van der Waals surface area contributed by atoms with Crippen LogP contribution < -0.4 is 5.69 Å². The molecule has 2 aromatic carbocycles. The summed E-state index contributed by atoms with van der Waals surface area (Å²) < 4.78 is 1.77. The van der Waals surface area contributed by atoms with Crippen molar-refractivity contribution in [2.24, 2.45) is 0 Å². The maximum atomic E-state index is 12.5. The van der Waals surface area contributed by atoms with Crippen LogP contribution in [-0.2, 0) is 6.42 Å². The first kappa shape index (κ1) is 14.5. The molecule has 3 rings (SSSR count). The molecular formula is C19H20N2O. The van der Waals surface area contributed by atoms with E-state index in [4.69, 9.17) is 0 Å². The maximum Gasteiger partial charge on any atom is 0.348 e. The van der Waals surface area contributed by atoms with Crippen LogP contribution in [0.1, 0.15) is 32.4 Å². The minimum atomic E-state index is -0.189. The van der Waals surface area contributed by atoms with Crippen molar-refractivity contribution in [1.82, 2.24) is 9.55 Å². The highest BCUT2D eigenvalue weighted by molar-refractivity contribution is 5.92. The molecular weight excluding hydrogens is 272 g/mol. The van der Waals surface area contributed by atoms with Gasteiger partial charge in [0.25, 0.3) is 0 Å². The first-order valence-electron chi connectivity index (χ1n) is 7.72. The number of hydrogen-bond acceptors (Lipinski definition) is 2. The molecule has 0 saturated heterocycles. The lowest BCUT2D eigenvalue weighted by molar-refractivity contribution is 0.587. The number of nitrogens with zero attached hydrogens (tertiary/aromatic N) is 2. The lowest BCUT2D eigenvalue weighted by Gasteiger charge is -2.16. The monoisotopic (exact) mass is 292 g/mol. The van der Waals surface area contributed by atoms with Crippen molar-refractivity contribution in [2.75, 3.05) is 0 Å². The molecule has 0 radical (unpaired) electrons. The molecule has 0 fully saturated rings. The number of aromatic nitrogens is 2. The summed E-state index contributed by atoms with van der Waals surface area (Å²) in [5.41, 5.74) is 3.76. The summed E-state index contributed by atoms with van der Waals surface area (Å²) in [6.45, 7) is 6.16. The van der Waals surface area contributed by atoms with Crippen molar-refractivity contribution in [3.05, 3.63) is 64.6 Å². The van der Waals surface area contributed by atoms with E-state index >= 15 is 0 Å². The fourth-order valence-electron chi connectivity index (χ4n) is 2.83. The molecule has 3 aromatic rings. The zero-order chi connectivity index (χ0) is 15.7. The van der Waals surface area contributed by atoms with Crippen molar-refractivity contribution < 1.29 is 0 Å². The number of fused-ring (bicyclic) bond motifs is 1. The molecule has 0 unspecified atom stereocenters. The molecule has 0 aliphatic heterocycles. The van der Waals surface area contributed by atoms with Crippen molar-refractivity contribution in [3.63, 3.8) is 0 Å². The number of benzene rings is 2. The van der Waals surface area contributed by atoms with Gasteiger partial charge < -0.3 is 0 Å². The van der Waals surface area contributed by atoms with Gasteiger partial charge in [0, 0.05) is 17.0 Å². The molecule has 1 aromatic heterocycles. The normalized spacial score (nSPS) is 11.3. The number of hydrogen-bond donors (Lipinski definition) is 0. The lowest BCUT2D eigenvalue weighted by atomic mass is 10.0. The lowest BCUT2D eigenvalue weighted by Crippen LogP contribution is -2.25. The van der Waals surface area contributed by atoms with E-state index in [0.717, 1.165) is 28.6 Å². The van der Waals surface area contributed by atoms with Crippen molar-refractivity contribution in [2.45, 2.75) is 33.2 Å². The van der Waals surface area contributed by atoms with Gasteiger partial charge in [-0.1, -0.05) is 43.3 Å². The summed E-state index contributed by atoms with van der Waals surface area (Å²) in [6.07, 6.45) is 0.963. The number of aryl methyl sites for hydroxylation is 1. The second-order valence-corrected chi connectivity index (χ2v) is 5.78. The average molecular weight is 292 g/mol. The SMILES string of the molecule is CCc1ccc2c(c1)c(-c1ccccc1)nc(=O)n2C(C)C. The third kappa shape index (κ3) is 2.43. The van der Waals surface area contributed by atoms with Crippen LogP contribution in [0.2, 0.25) is 0 Å². The van der Waals surface area contributed by atoms with Gasteiger partial charge in [0.05, 0.1) is 11.2 Å². The highest BCUT2D eigenvalue weighted by atomic mass is 16.1. The molecule has 0 spiro atoms. The van der Waals surface area contributed by atoms with Gasteiger partial charge >= 0.3 is 5.69 Å². The minimum absolute atomic E-state index is 0.0831. The molecule has 3 heteroatoms. The van der Waals surface area contributed by atoms with Gasteiger partial charge in [0.1, 0.15) is 0 Å². The first-order valence-corrected chi connectivity index (χ1v) is 7.72. The van der Waals surface area contributed by atoms with Gasteiger partial charge in [0.2, 0.25) is 0 Å². The van der Waals surface area contributed by atoms with Crippen molar-refractivity contribution >= 4 is 10.9 Å². The Morgan fingerprint density at radius 3 is 2.45 bits per heavy atom. The summed E-state index contributed by atoms with van der Waals surface area (Å²) in [5.74, 6) is 0. The zero-order valence-corrected chi connectivity index (χ0v) is 13.2. The quantitative estimate of drug-likeness (QED) is 0.725. The Hall–Kier alpha value is -2.42. The van der Waals surface area contributed by atoms with Crippen LogP contribution in [0.15, 0.2) is 53.3 Å². The summed E-state index contributed by atoms with van der Waals surface area (Å²) >= 11 is 0. The van der Waals surface area contributed by atoms with E-state index in [2.05, 4.69) is 24.0 Å². The van der Waals surface area contributed by atoms with Crippen LogP contribution in [0.3, 0.4) is 0 Å². The molecule has 0 bridgehead atoms. The van der Waals surface area contributed by atoms with E-state index in [9.17, 15) is 4.79 Å². The summed E-state index contributed by atoms with van der Waals surface area (Å²) in [7, 11) is 0. The maximum absolute atomic E-state index is 12.5. The molecule has 22 heavy (non-hydrogen) atoms. The van der Waals surface area contributed by atoms with E-state index in [0.29, 0.717) is 0 Å². The molecule has 112 valence electrons. The molecule has 0 atom stereocenters. The van der Waals surface area contributed by atoms with Crippen LogP contribution in [0, 0.1) is 0 Å². The van der Waals surface area contributed by atoms with Crippen LogP contribution in [-0.4, -0.2) is 9.55 Å². The topological polar surface area (TPSA) is 34.9 Å². The van der Waals surface area contributed by atoms with Crippen LogP contribution in [0.25, 0.3) is 22.2 Å². The van der Waals surface area contributed by atoms with Crippen molar-refractivity contribution in [3.8, 4) is 11.3 Å². The predicted molar refractivity (Wildman–Crippen MR) is 91.2 cm³/mol. The van der Waals surface area contributed by atoms with Gasteiger partial charge in [-0.25, -0.2) is 4.79 Å². The van der Waals surface area contributed by atoms with E-state index in [1.165, 1.54) is 5.56 Å². The molecule has 1 heterocycles. The Bertz CT molecular complexity index is 864. The van der Waals surface area contributed by atoms with Gasteiger partial charge in [-0.3, -0.25) is 4.57 Å². The highest BCUT2D eigenvalue weighted by Crippen LogP contribution is 2.27. The number of rotatable bonds is 3. The largest absolute Gasteiger partial charge is 0.348 e. The predicted octanol–water partition coefficient (Wildman–Crippen LogP) is 4.21. The fourth-order valence-corrected chi connectivity index (χ4v) is 2.83. The van der Waals surface area contributed by atoms with Gasteiger partial charge in [-0.05, 0) is 38.0 Å². The van der Waals surface area contributed by atoms with Crippen LogP contribution in [0.5, 0.6) is 0 Å². The third-order valence-electron chi connectivity index (χ3n) is 3.96. The molecule has 0 saturated carbocycles. The molecule has 0 aliphatic rings. The van der Waals surface area contributed by atoms with E-state index < -0.39 is 0 Å². The highest BCUT2D eigenvalue weighted by Gasteiger charge is 2.14. The fraction of sp³-hybridized carbons (Fsp3) is 0.263. The van der Waals surface area contributed by atoms with E-state index in [-0.39, 0.29) is 11.7 Å². The first-order chi connectivity index (χ1) is 10.6. The van der Waals surface area contributed by atoms with Crippen molar-refractivity contribution in [1.29, 1.82) is 0 Å². The molecule has 0 N–H and O–H groups in total. The molecule has 0 aliphatic carbocycles. The van der Waals surface area contributed by atoms with Crippen LogP contribution >= 0.6 is 0 Å². The molecule has 3 nitrogen and oxygen atoms in total. The Kier molecular flexibility index (Phi) is 3.80. The Morgan fingerprint density at radius 2 is 1.82 bits per heavy atom. The standard InChI is InChI=1S/C19H20N2O/c1-4-14-10-11-17-16(12-14)18(15-8-6-5-7-9-15)20-19(22)21(17)13(2)3/h5-13H,4H2,1-3H3. The van der Waals surface area contributed by atoms with Crippen LogP contribution in [0.4, 0.5) is 0 Å². The van der Waals surface area contributed by atoms with Gasteiger partial charge in [0.15, 0.2) is 0 Å². The molecule has 0 amide bonds. The second kappa shape index (κ2) is 5.76. The Balaban J connectivity index is 2.42. The smallest absolute Gasteiger partial charge is 0.289 e. The Morgan fingerprint density at radius 1 is 1.09 bits per heavy atom. The minimum Gasteiger partial charge on any atom is -0.289 e. The summed E-state index contributed by atoms with van der Waals surface area (Å²) in [6, 6.07) is 16.3.